The van der Waals surface area contributed by atoms with Gasteiger partial charge in [0.2, 0.25) is 0 Å². The van der Waals surface area contributed by atoms with Gasteiger partial charge in [0.25, 0.3) is 0 Å². The summed E-state index contributed by atoms with van der Waals surface area (Å²) in [6.45, 7) is 0. The Morgan fingerprint density at radius 2 is 1.24 bits per heavy atom. The highest BCUT2D eigenvalue weighted by Crippen LogP contribution is 2.49. The number of hydrogen-bond acceptors (Lipinski definition) is 1. The second-order valence-electron chi connectivity index (χ2n) is 8.63. The molecule has 1 nitrogen and oxygen atoms in total. The van der Waals surface area contributed by atoms with Crippen molar-refractivity contribution in [2.45, 2.75) is 99.6 Å². The number of alkyl halides is 9. The van der Waals surface area contributed by atoms with E-state index in [1.807, 2.05) is 0 Å². The minimum atomic E-state index is -4.32. The molecule has 3 fully saturated rings. The zero-order valence-corrected chi connectivity index (χ0v) is 16.4. The van der Waals surface area contributed by atoms with Crippen LogP contribution in [0.15, 0.2) is 0 Å². The van der Waals surface area contributed by atoms with E-state index in [-0.39, 0.29) is 11.8 Å². The van der Waals surface area contributed by atoms with E-state index in [2.05, 4.69) is 4.74 Å². The second kappa shape index (κ2) is 9.05. The Kier molecular flexibility index (Phi) is 7.29. The van der Waals surface area contributed by atoms with Gasteiger partial charge in [0.1, 0.15) is 36.8 Å². The summed E-state index contributed by atoms with van der Waals surface area (Å²) in [6, 6.07) is 0. The topological polar surface area (TPSA) is 9.23 Å². The molecule has 3 aliphatic rings. The fourth-order valence-electron chi connectivity index (χ4n) is 5.07. The van der Waals surface area contributed by atoms with E-state index in [1.54, 1.807) is 0 Å². The maximum Gasteiger partial charge on any atom is 0.364 e. The minimum absolute atomic E-state index is 0.0609. The maximum atomic E-state index is 14.6. The van der Waals surface area contributed by atoms with Crippen molar-refractivity contribution in [1.29, 1.82) is 0 Å². The quantitative estimate of drug-likeness (QED) is 0.360. The Morgan fingerprint density at radius 3 is 1.76 bits per heavy atom. The molecule has 0 spiro atoms. The van der Waals surface area contributed by atoms with Crippen LogP contribution in [0, 0.1) is 17.8 Å². The molecule has 170 valence electrons. The Hall–Kier alpha value is -0.310. The predicted molar refractivity (Wildman–Crippen MR) is 91.6 cm³/mol. The summed E-state index contributed by atoms with van der Waals surface area (Å²) in [5.41, 5.74) is 0. The number of hydrogen-bond donors (Lipinski definition) is 0. The zero-order chi connectivity index (χ0) is 21.5. The molecule has 3 aliphatic carbocycles. The monoisotopic (exact) mass is 456 g/mol. The Balaban J connectivity index is 1.63. The van der Waals surface area contributed by atoms with Gasteiger partial charge in [0.05, 0.1) is 6.10 Å². The van der Waals surface area contributed by atoms with Gasteiger partial charge >= 0.3 is 6.11 Å². The lowest BCUT2D eigenvalue weighted by molar-refractivity contribution is -0.323. The molecular weight excluding hydrogens is 432 g/mol. The van der Waals surface area contributed by atoms with E-state index in [9.17, 15) is 35.1 Å². The first kappa shape index (κ1) is 23.4. The highest BCUT2D eigenvalue weighted by molar-refractivity contribution is 6.20. The average Bonchev–Trinajstić information content (AvgIpc) is 2.58. The van der Waals surface area contributed by atoms with Crippen LogP contribution in [-0.2, 0) is 4.74 Å². The molecule has 0 aromatic heterocycles. The lowest BCUT2D eigenvalue weighted by Crippen LogP contribution is -2.52. The van der Waals surface area contributed by atoms with Crippen molar-refractivity contribution in [2.24, 2.45) is 17.8 Å². The van der Waals surface area contributed by atoms with Crippen LogP contribution in [0.4, 0.5) is 35.1 Å². The summed E-state index contributed by atoms with van der Waals surface area (Å²) < 4.78 is 117. The average molecular weight is 457 g/mol. The van der Waals surface area contributed by atoms with E-state index in [4.69, 9.17) is 11.6 Å². The molecule has 7 unspecified atom stereocenters. The highest BCUT2D eigenvalue weighted by atomic mass is 35.5. The molecule has 0 bridgehead atoms. The lowest BCUT2D eigenvalue weighted by Gasteiger charge is -2.43. The molecule has 0 aromatic rings. The summed E-state index contributed by atoms with van der Waals surface area (Å²) in [4.78, 5) is 0. The van der Waals surface area contributed by atoms with Crippen LogP contribution in [0.3, 0.4) is 0 Å². The van der Waals surface area contributed by atoms with Crippen LogP contribution in [0.2, 0.25) is 0 Å². The summed E-state index contributed by atoms with van der Waals surface area (Å²) in [6.07, 6.45) is -20.7. The number of halogens is 9. The summed E-state index contributed by atoms with van der Waals surface area (Å²) >= 11 is 5.90. The smallest absolute Gasteiger partial charge is 0.317 e. The fraction of sp³-hybridized carbons (Fsp3) is 1.00. The Labute approximate surface area is 169 Å². The van der Waals surface area contributed by atoms with E-state index < -0.39 is 92.7 Å². The van der Waals surface area contributed by atoms with Gasteiger partial charge in [-0.1, -0.05) is 0 Å². The molecule has 0 radical (unpaired) electrons. The van der Waals surface area contributed by atoms with Crippen LogP contribution in [-0.4, -0.2) is 54.6 Å². The Bertz CT molecular complexity index is 530. The van der Waals surface area contributed by atoms with Crippen molar-refractivity contribution in [1.82, 2.24) is 0 Å². The molecule has 29 heavy (non-hydrogen) atoms. The molecule has 3 rings (SSSR count). The lowest BCUT2D eigenvalue weighted by atomic mass is 9.68. The molecule has 3 saturated carbocycles. The van der Waals surface area contributed by atoms with Crippen LogP contribution in [0.25, 0.3) is 0 Å². The van der Waals surface area contributed by atoms with Gasteiger partial charge < -0.3 is 4.74 Å². The molecular formula is C19H25ClF8O. The first-order valence-electron chi connectivity index (χ1n) is 10.0. The first-order valence-corrected chi connectivity index (χ1v) is 10.5. The van der Waals surface area contributed by atoms with E-state index in [0.29, 0.717) is 12.8 Å². The normalized spacial score (nSPS) is 49.8. The van der Waals surface area contributed by atoms with Gasteiger partial charge in [-0.25, -0.2) is 26.3 Å². The Morgan fingerprint density at radius 1 is 0.690 bits per heavy atom. The molecule has 0 saturated heterocycles. The fourth-order valence-corrected chi connectivity index (χ4v) is 5.37. The van der Waals surface area contributed by atoms with Crippen molar-refractivity contribution < 1.29 is 39.9 Å². The minimum Gasteiger partial charge on any atom is -0.317 e. The van der Waals surface area contributed by atoms with Crippen molar-refractivity contribution in [3.8, 4) is 0 Å². The van der Waals surface area contributed by atoms with Gasteiger partial charge in [-0.3, -0.25) is 0 Å². The first-order chi connectivity index (χ1) is 13.5. The largest absolute Gasteiger partial charge is 0.364 e. The third-order valence-corrected chi connectivity index (χ3v) is 6.97. The van der Waals surface area contributed by atoms with E-state index in [1.165, 1.54) is 0 Å². The van der Waals surface area contributed by atoms with Gasteiger partial charge in [0.15, 0.2) is 6.17 Å². The third-order valence-electron chi connectivity index (χ3n) is 6.58. The van der Waals surface area contributed by atoms with Crippen LogP contribution in [0.5, 0.6) is 0 Å². The molecule has 0 amide bonds. The summed E-state index contributed by atoms with van der Waals surface area (Å²) in [5, 5.41) is -0.351. The van der Waals surface area contributed by atoms with Crippen molar-refractivity contribution in [3.05, 3.63) is 0 Å². The highest BCUT2D eigenvalue weighted by Gasteiger charge is 2.57. The molecule has 0 N–H and O–H groups in total. The van der Waals surface area contributed by atoms with Crippen LogP contribution < -0.4 is 0 Å². The third kappa shape index (κ3) is 5.13. The molecule has 0 aliphatic heterocycles. The van der Waals surface area contributed by atoms with E-state index in [0.717, 1.165) is 0 Å². The van der Waals surface area contributed by atoms with Crippen LogP contribution >= 0.6 is 11.6 Å². The van der Waals surface area contributed by atoms with Crippen molar-refractivity contribution in [3.63, 3.8) is 0 Å². The summed E-state index contributed by atoms with van der Waals surface area (Å²) in [5.74, 6) is -3.84. The van der Waals surface area contributed by atoms with Gasteiger partial charge in [-0.15, -0.1) is 11.6 Å². The molecule has 7 atom stereocenters. The van der Waals surface area contributed by atoms with Gasteiger partial charge in [-0.2, -0.15) is 8.78 Å². The van der Waals surface area contributed by atoms with Gasteiger partial charge in [-0.05, 0) is 43.9 Å². The molecule has 0 aromatic carbocycles. The number of ether oxygens (including phenoxy) is 1. The second-order valence-corrected chi connectivity index (χ2v) is 9.25. The maximum absolute atomic E-state index is 14.6. The standard InChI is InChI=1S/C19H25ClF8O/c20-9-1-2-11(12(21)5-9)8-3-13(22)17(14(23)4-8)19(27,28)29-10-6-15(24)18(26)16(25)7-10/h8-18H,1-7H2. The molecule has 0 heterocycles. The van der Waals surface area contributed by atoms with Crippen molar-refractivity contribution >= 4 is 11.6 Å². The van der Waals surface area contributed by atoms with Crippen molar-refractivity contribution in [2.75, 3.05) is 0 Å². The zero-order valence-electron chi connectivity index (χ0n) is 15.6. The number of rotatable bonds is 4. The summed E-state index contributed by atoms with van der Waals surface area (Å²) in [7, 11) is 0. The van der Waals surface area contributed by atoms with Crippen LogP contribution in [0.1, 0.15) is 44.9 Å². The van der Waals surface area contributed by atoms with Gasteiger partial charge in [0, 0.05) is 18.2 Å². The van der Waals surface area contributed by atoms with E-state index >= 15 is 0 Å². The predicted octanol–water partition coefficient (Wildman–Crippen LogP) is 6.22. The SMILES string of the molecule is FC1CC(OC(F)(F)C2C(F)CC(C3CCC(Cl)CC3F)CC2F)CC(F)C1F. The molecule has 10 heteroatoms.